The molecule has 1 aliphatic heterocycles. The smallest absolute Gasteiger partial charge is 0.244 e. The van der Waals surface area contributed by atoms with Crippen LogP contribution >= 0.6 is 12.4 Å². The quantitative estimate of drug-likeness (QED) is 0.814. The Morgan fingerprint density at radius 1 is 1.11 bits per heavy atom. The summed E-state index contributed by atoms with van der Waals surface area (Å²) < 4.78 is 16.5. The van der Waals surface area contributed by atoms with Gasteiger partial charge in [-0.3, -0.25) is 4.79 Å². The van der Waals surface area contributed by atoms with E-state index < -0.39 is 5.54 Å². The molecule has 1 saturated carbocycles. The van der Waals surface area contributed by atoms with Gasteiger partial charge in [0.1, 0.15) is 12.4 Å². The van der Waals surface area contributed by atoms with Gasteiger partial charge in [0.05, 0.1) is 5.54 Å². The number of rotatable bonds is 5. The lowest BCUT2D eigenvalue weighted by Gasteiger charge is -2.22. The molecule has 2 aliphatic rings. The Morgan fingerprint density at radius 2 is 1.89 bits per heavy atom. The second-order valence-corrected chi connectivity index (χ2v) is 6.82. The minimum atomic E-state index is -0.737. The number of nitrogens with two attached hydrogens (primary N) is 1. The van der Waals surface area contributed by atoms with E-state index in [4.69, 9.17) is 19.9 Å². The van der Waals surface area contributed by atoms with E-state index in [1.54, 1.807) is 0 Å². The predicted octanol–water partition coefficient (Wildman–Crippen LogP) is 3.63. The van der Waals surface area contributed by atoms with E-state index >= 15 is 0 Å². The zero-order valence-electron chi connectivity index (χ0n) is 14.9. The number of carbonyl (C=O) groups excluding carboxylic acids is 1. The molecule has 0 radical (unpaired) electrons. The first kappa shape index (κ1) is 19.3. The zero-order valence-corrected chi connectivity index (χ0v) is 15.7. The van der Waals surface area contributed by atoms with Gasteiger partial charge in [-0.2, -0.15) is 0 Å². The van der Waals surface area contributed by atoms with Gasteiger partial charge in [-0.1, -0.05) is 25.0 Å². The molecule has 7 heteroatoms. The first-order valence-corrected chi connectivity index (χ1v) is 8.84. The first-order chi connectivity index (χ1) is 12.6. The van der Waals surface area contributed by atoms with Crippen LogP contribution in [0.3, 0.4) is 0 Å². The van der Waals surface area contributed by atoms with Crippen molar-refractivity contribution in [3.8, 4) is 17.2 Å². The highest BCUT2D eigenvalue weighted by molar-refractivity contribution is 5.98. The van der Waals surface area contributed by atoms with Gasteiger partial charge in [0.15, 0.2) is 11.5 Å². The molecule has 6 nitrogen and oxygen atoms in total. The van der Waals surface area contributed by atoms with Gasteiger partial charge >= 0.3 is 0 Å². The highest BCUT2D eigenvalue weighted by atomic mass is 35.5. The molecule has 1 amide bonds. The van der Waals surface area contributed by atoms with Gasteiger partial charge in [-0.25, -0.2) is 0 Å². The van der Waals surface area contributed by atoms with E-state index in [1.807, 2.05) is 42.5 Å². The third-order valence-corrected chi connectivity index (χ3v) is 4.88. The van der Waals surface area contributed by atoms with Gasteiger partial charge in [-0.15, -0.1) is 12.4 Å². The Bertz CT molecular complexity index is 821. The van der Waals surface area contributed by atoms with Crippen molar-refractivity contribution in [1.29, 1.82) is 0 Å². The molecule has 144 valence electrons. The normalized spacial score (nSPS) is 16.5. The summed E-state index contributed by atoms with van der Waals surface area (Å²) in [5.41, 5.74) is 7.16. The molecule has 1 aliphatic carbocycles. The van der Waals surface area contributed by atoms with Crippen molar-refractivity contribution in [3.05, 3.63) is 48.0 Å². The summed E-state index contributed by atoms with van der Waals surface area (Å²) in [5.74, 6) is 2.01. The topological polar surface area (TPSA) is 82.8 Å². The van der Waals surface area contributed by atoms with Crippen LogP contribution in [0.1, 0.15) is 31.2 Å². The number of ether oxygens (including phenoxy) is 3. The number of fused-ring (bicyclic) bond motifs is 1. The number of halogens is 1. The second kappa shape index (κ2) is 8.06. The molecule has 0 bridgehead atoms. The van der Waals surface area contributed by atoms with Crippen molar-refractivity contribution < 1.29 is 19.0 Å². The van der Waals surface area contributed by atoms with Crippen LogP contribution < -0.4 is 25.3 Å². The molecule has 2 aromatic carbocycles. The lowest BCUT2D eigenvalue weighted by atomic mass is 9.98. The third-order valence-electron chi connectivity index (χ3n) is 4.88. The SMILES string of the molecule is Cl.NC1(C(=O)Nc2cccc(COc3ccc4c(c3)OCO4)c2)CCCC1. The molecule has 4 rings (SSSR count). The van der Waals surface area contributed by atoms with E-state index in [0.29, 0.717) is 18.1 Å². The molecule has 27 heavy (non-hydrogen) atoms. The summed E-state index contributed by atoms with van der Waals surface area (Å²) >= 11 is 0. The van der Waals surface area contributed by atoms with Crippen LogP contribution in [0, 0.1) is 0 Å². The summed E-state index contributed by atoms with van der Waals surface area (Å²) in [6, 6.07) is 13.1. The van der Waals surface area contributed by atoms with E-state index in [-0.39, 0.29) is 25.1 Å². The highest BCUT2D eigenvalue weighted by Gasteiger charge is 2.36. The molecule has 0 spiro atoms. The van der Waals surface area contributed by atoms with Crippen molar-refractivity contribution in [2.75, 3.05) is 12.1 Å². The molecule has 1 fully saturated rings. The Morgan fingerprint density at radius 3 is 2.70 bits per heavy atom. The summed E-state index contributed by atoms with van der Waals surface area (Å²) in [6.45, 7) is 0.625. The fourth-order valence-electron chi connectivity index (χ4n) is 3.36. The number of nitrogens with one attached hydrogen (secondary N) is 1. The molecular formula is C20H23ClN2O4. The number of carbonyl (C=O) groups is 1. The summed E-state index contributed by atoms with van der Waals surface area (Å²) in [6.07, 6.45) is 3.50. The third kappa shape index (κ3) is 4.28. The Kier molecular flexibility index (Phi) is 5.77. The van der Waals surface area contributed by atoms with Gasteiger partial charge < -0.3 is 25.3 Å². The average molecular weight is 391 g/mol. The van der Waals surface area contributed by atoms with E-state index in [9.17, 15) is 4.79 Å². The molecule has 0 aromatic heterocycles. The van der Waals surface area contributed by atoms with Crippen LogP contribution in [0.4, 0.5) is 5.69 Å². The Labute approximate surface area is 164 Å². The number of hydrogen-bond acceptors (Lipinski definition) is 5. The van der Waals surface area contributed by atoms with Crippen LogP contribution in [0.5, 0.6) is 17.2 Å². The summed E-state index contributed by atoms with van der Waals surface area (Å²) in [5, 5.41) is 2.94. The lowest BCUT2D eigenvalue weighted by molar-refractivity contribution is -0.121. The fraction of sp³-hybridized carbons (Fsp3) is 0.350. The van der Waals surface area contributed by atoms with E-state index in [1.165, 1.54) is 0 Å². The number of anilines is 1. The minimum absolute atomic E-state index is 0. The molecule has 0 atom stereocenters. The van der Waals surface area contributed by atoms with Crippen molar-refractivity contribution in [2.45, 2.75) is 37.8 Å². The van der Waals surface area contributed by atoms with Crippen LogP contribution in [-0.2, 0) is 11.4 Å². The molecule has 0 unspecified atom stereocenters. The predicted molar refractivity (Wildman–Crippen MR) is 105 cm³/mol. The van der Waals surface area contributed by atoms with Gasteiger partial charge in [0.2, 0.25) is 12.7 Å². The number of hydrogen-bond donors (Lipinski definition) is 2. The standard InChI is InChI=1S/C20H22N2O4.ClH/c21-20(8-1-2-9-20)19(23)22-15-5-3-4-14(10-15)12-24-16-6-7-17-18(11-16)26-13-25-17;/h3-7,10-11H,1-2,8-9,12-13,21H2,(H,22,23);1H. The molecule has 1 heterocycles. The Hall–Kier alpha value is -2.44. The molecular weight excluding hydrogens is 368 g/mol. The van der Waals surface area contributed by atoms with Crippen molar-refractivity contribution in [3.63, 3.8) is 0 Å². The van der Waals surface area contributed by atoms with Crippen molar-refractivity contribution >= 4 is 24.0 Å². The second-order valence-electron chi connectivity index (χ2n) is 6.82. The summed E-state index contributed by atoms with van der Waals surface area (Å²) in [7, 11) is 0. The maximum atomic E-state index is 12.4. The van der Waals surface area contributed by atoms with E-state index in [0.717, 1.165) is 42.7 Å². The molecule has 2 aromatic rings. The van der Waals surface area contributed by atoms with Gasteiger partial charge in [-0.05, 0) is 42.7 Å². The van der Waals surface area contributed by atoms with Gasteiger partial charge in [0, 0.05) is 11.8 Å². The monoisotopic (exact) mass is 390 g/mol. The van der Waals surface area contributed by atoms with E-state index in [2.05, 4.69) is 5.32 Å². The maximum Gasteiger partial charge on any atom is 0.244 e. The van der Waals surface area contributed by atoms with Gasteiger partial charge in [0.25, 0.3) is 0 Å². The Balaban J connectivity index is 0.00000210. The first-order valence-electron chi connectivity index (χ1n) is 8.84. The number of amides is 1. The largest absolute Gasteiger partial charge is 0.489 e. The van der Waals surface area contributed by atoms with Crippen molar-refractivity contribution in [1.82, 2.24) is 0 Å². The number of benzene rings is 2. The van der Waals surface area contributed by atoms with Crippen molar-refractivity contribution in [2.24, 2.45) is 5.73 Å². The minimum Gasteiger partial charge on any atom is -0.489 e. The molecule has 0 saturated heterocycles. The van der Waals surface area contributed by atoms with Crippen LogP contribution in [0.2, 0.25) is 0 Å². The van der Waals surface area contributed by atoms with Crippen LogP contribution in [-0.4, -0.2) is 18.2 Å². The average Bonchev–Trinajstić information content (AvgIpc) is 3.29. The lowest BCUT2D eigenvalue weighted by Crippen LogP contribution is -2.48. The van der Waals surface area contributed by atoms with Crippen LogP contribution in [0.15, 0.2) is 42.5 Å². The summed E-state index contributed by atoms with van der Waals surface area (Å²) in [4.78, 5) is 12.4. The maximum absolute atomic E-state index is 12.4. The molecule has 3 N–H and O–H groups in total. The van der Waals surface area contributed by atoms with Crippen LogP contribution in [0.25, 0.3) is 0 Å². The fourth-order valence-corrected chi connectivity index (χ4v) is 3.36. The zero-order chi connectivity index (χ0) is 18.0. The highest BCUT2D eigenvalue weighted by Crippen LogP contribution is 2.35.